The summed E-state index contributed by atoms with van der Waals surface area (Å²) in [6, 6.07) is 0.737. The van der Waals surface area contributed by atoms with E-state index in [1.54, 1.807) is 11.3 Å². The van der Waals surface area contributed by atoms with Crippen molar-refractivity contribution in [1.29, 1.82) is 0 Å². The van der Waals surface area contributed by atoms with Gasteiger partial charge in [-0.1, -0.05) is 6.42 Å². The zero-order valence-corrected chi connectivity index (χ0v) is 15.8. The summed E-state index contributed by atoms with van der Waals surface area (Å²) in [6.07, 6.45) is 8.33. The number of aromatic nitrogens is 1. The summed E-state index contributed by atoms with van der Waals surface area (Å²) < 4.78 is 0. The smallest absolute Gasteiger partial charge is 0.220 e. The summed E-state index contributed by atoms with van der Waals surface area (Å²) in [5.41, 5.74) is 0.952. The molecule has 1 aromatic rings. The first-order chi connectivity index (χ1) is 11.6. The molecule has 5 nitrogen and oxygen atoms in total. The first-order valence-electron chi connectivity index (χ1n) is 9.26. The van der Waals surface area contributed by atoms with E-state index in [9.17, 15) is 4.79 Å². The summed E-state index contributed by atoms with van der Waals surface area (Å²) >= 11 is 1.62. The van der Waals surface area contributed by atoms with E-state index in [4.69, 9.17) is 0 Å². The first kappa shape index (κ1) is 17.7. The maximum Gasteiger partial charge on any atom is 0.220 e. The third-order valence-corrected chi connectivity index (χ3v) is 6.42. The summed E-state index contributed by atoms with van der Waals surface area (Å²) in [4.78, 5) is 21.4. The van der Waals surface area contributed by atoms with Crippen LogP contribution in [0.3, 0.4) is 0 Å². The number of thiazole rings is 1. The summed E-state index contributed by atoms with van der Waals surface area (Å²) in [5, 5.41) is 6.05. The zero-order chi connectivity index (χ0) is 16.9. The normalized spacial score (nSPS) is 24.4. The van der Waals surface area contributed by atoms with Crippen molar-refractivity contribution in [2.75, 3.05) is 32.1 Å². The topological polar surface area (TPSA) is 48.5 Å². The van der Waals surface area contributed by atoms with E-state index in [-0.39, 0.29) is 5.91 Å². The third kappa shape index (κ3) is 4.48. The van der Waals surface area contributed by atoms with Crippen molar-refractivity contribution in [3.8, 4) is 0 Å². The molecule has 0 aromatic carbocycles. The van der Waals surface area contributed by atoms with E-state index >= 15 is 0 Å². The number of nitrogens with zero attached hydrogens (tertiary/aromatic N) is 3. The molecule has 2 saturated heterocycles. The number of hydrogen-bond acceptors (Lipinski definition) is 5. The van der Waals surface area contributed by atoms with Gasteiger partial charge in [-0.2, -0.15) is 0 Å². The molecule has 0 spiro atoms. The third-order valence-electron chi connectivity index (χ3n) is 5.36. The van der Waals surface area contributed by atoms with Crippen molar-refractivity contribution in [2.45, 2.75) is 57.5 Å². The Balaban J connectivity index is 1.41. The highest BCUT2D eigenvalue weighted by molar-refractivity contribution is 7.13. The van der Waals surface area contributed by atoms with Gasteiger partial charge in [0.1, 0.15) is 0 Å². The quantitative estimate of drug-likeness (QED) is 0.857. The van der Waals surface area contributed by atoms with Gasteiger partial charge in [0, 0.05) is 31.9 Å². The SMILES string of the molecule is CN(C)c1nc(CNC(=O)CC[C@@H]2CCCN3CCCC[C@H]23)cs1. The van der Waals surface area contributed by atoms with Crippen LogP contribution in [0.15, 0.2) is 5.38 Å². The van der Waals surface area contributed by atoms with E-state index < -0.39 is 0 Å². The minimum absolute atomic E-state index is 0.169. The zero-order valence-electron chi connectivity index (χ0n) is 15.0. The fraction of sp³-hybridized carbons (Fsp3) is 0.778. The summed E-state index contributed by atoms with van der Waals surface area (Å²) in [7, 11) is 3.97. The number of carbonyl (C=O) groups is 1. The van der Waals surface area contributed by atoms with E-state index in [1.807, 2.05) is 24.4 Å². The molecular weight excluding hydrogens is 320 g/mol. The molecule has 6 heteroatoms. The van der Waals surface area contributed by atoms with Crippen molar-refractivity contribution in [3.63, 3.8) is 0 Å². The second kappa shape index (κ2) is 8.30. The monoisotopic (exact) mass is 350 g/mol. The Morgan fingerprint density at radius 2 is 2.17 bits per heavy atom. The molecular formula is C18H30N4OS. The summed E-state index contributed by atoms with van der Waals surface area (Å²) in [5.74, 6) is 0.881. The number of amides is 1. The highest BCUT2D eigenvalue weighted by atomic mass is 32.1. The standard InChI is InChI=1S/C18H30N4OS/c1-21(2)18-20-15(13-24-18)12-19-17(23)9-8-14-6-5-11-22-10-4-3-7-16(14)22/h13-14,16H,3-12H2,1-2H3,(H,19,23)/t14-,16+/m0/s1. The number of piperidine rings is 2. The van der Waals surface area contributed by atoms with Crippen LogP contribution in [0.25, 0.3) is 0 Å². The predicted molar refractivity (Wildman–Crippen MR) is 99.5 cm³/mol. The van der Waals surface area contributed by atoms with Crippen molar-refractivity contribution in [3.05, 3.63) is 11.1 Å². The maximum atomic E-state index is 12.2. The van der Waals surface area contributed by atoms with Gasteiger partial charge < -0.3 is 15.1 Å². The average molecular weight is 351 g/mol. The van der Waals surface area contributed by atoms with Crippen LogP contribution in [-0.2, 0) is 11.3 Å². The second-order valence-electron chi connectivity index (χ2n) is 7.33. The summed E-state index contributed by atoms with van der Waals surface area (Å²) in [6.45, 7) is 3.08. The molecule has 1 aromatic heterocycles. The van der Waals surface area contributed by atoms with Crippen molar-refractivity contribution < 1.29 is 4.79 Å². The molecule has 2 aliphatic rings. The van der Waals surface area contributed by atoms with Gasteiger partial charge >= 0.3 is 0 Å². The largest absolute Gasteiger partial charge is 0.354 e. The fourth-order valence-corrected chi connectivity index (χ4v) is 4.85. The Morgan fingerprint density at radius 1 is 1.33 bits per heavy atom. The van der Waals surface area contributed by atoms with Gasteiger partial charge in [-0.25, -0.2) is 4.98 Å². The van der Waals surface area contributed by atoms with Gasteiger partial charge in [0.2, 0.25) is 5.91 Å². The van der Waals surface area contributed by atoms with Crippen LogP contribution in [-0.4, -0.2) is 49.0 Å². The number of anilines is 1. The van der Waals surface area contributed by atoms with Crippen LogP contribution in [0.4, 0.5) is 5.13 Å². The van der Waals surface area contributed by atoms with Gasteiger partial charge in [0.15, 0.2) is 5.13 Å². The van der Waals surface area contributed by atoms with Gasteiger partial charge in [-0.3, -0.25) is 4.79 Å². The lowest BCUT2D eigenvalue weighted by atomic mass is 9.81. The van der Waals surface area contributed by atoms with E-state index in [0.717, 1.165) is 23.3 Å². The molecule has 3 heterocycles. The first-order valence-corrected chi connectivity index (χ1v) is 10.1. The minimum atomic E-state index is 0.169. The Kier molecular flexibility index (Phi) is 6.11. The molecule has 0 aliphatic carbocycles. The molecule has 134 valence electrons. The number of rotatable bonds is 6. The molecule has 1 N–H and O–H groups in total. The fourth-order valence-electron chi connectivity index (χ4n) is 4.09. The molecule has 2 atom stereocenters. The van der Waals surface area contributed by atoms with Gasteiger partial charge in [0.05, 0.1) is 12.2 Å². The van der Waals surface area contributed by atoms with E-state index in [1.165, 1.54) is 45.2 Å². The van der Waals surface area contributed by atoms with Crippen molar-refractivity contribution in [1.82, 2.24) is 15.2 Å². The van der Waals surface area contributed by atoms with Crippen LogP contribution in [0.1, 0.15) is 50.6 Å². The second-order valence-corrected chi connectivity index (χ2v) is 8.17. The number of hydrogen-bond donors (Lipinski definition) is 1. The molecule has 0 unspecified atom stereocenters. The number of nitrogens with one attached hydrogen (secondary N) is 1. The van der Waals surface area contributed by atoms with Gasteiger partial charge in [0.25, 0.3) is 0 Å². The highest BCUT2D eigenvalue weighted by Crippen LogP contribution is 2.33. The van der Waals surface area contributed by atoms with Crippen LogP contribution in [0, 0.1) is 5.92 Å². The number of carbonyl (C=O) groups excluding carboxylic acids is 1. The van der Waals surface area contributed by atoms with Gasteiger partial charge in [-0.05, 0) is 51.1 Å². The lowest BCUT2D eigenvalue weighted by Crippen LogP contribution is -2.48. The molecule has 3 rings (SSSR count). The van der Waals surface area contributed by atoms with Crippen LogP contribution in [0.5, 0.6) is 0 Å². The van der Waals surface area contributed by atoms with Crippen molar-refractivity contribution >= 4 is 22.4 Å². The highest BCUT2D eigenvalue weighted by Gasteiger charge is 2.32. The molecule has 0 radical (unpaired) electrons. The van der Waals surface area contributed by atoms with Crippen LogP contribution in [0.2, 0.25) is 0 Å². The Labute approximate surface area is 149 Å². The van der Waals surface area contributed by atoms with Crippen LogP contribution < -0.4 is 10.2 Å². The lowest BCUT2D eigenvalue weighted by Gasteiger charge is -2.44. The molecule has 1 amide bonds. The molecule has 0 bridgehead atoms. The molecule has 0 saturated carbocycles. The molecule has 2 fully saturated rings. The molecule has 2 aliphatic heterocycles. The predicted octanol–water partition coefficient (Wildman–Crippen LogP) is 2.87. The van der Waals surface area contributed by atoms with E-state index in [0.29, 0.717) is 18.9 Å². The Morgan fingerprint density at radius 3 is 2.96 bits per heavy atom. The molecule has 24 heavy (non-hydrogen) atoms. The Hall–Kier alpha value is -1.14. The lowest BCUT2D eigenvalue weighted by molar-refractivity contribution is -0.121. The Bertz CT molecular complexity index is 543. The van der Waals surface area contributed by atoms with Crippen LogP contribution >= 0.6 is 11.3 Å². The minimum Gasteiger partial charge on any atom is -0.354 e. The average Bonchev–Trinajstić information content (AvgIpc) is 3.07. The maximum absolute atomic E-state index is 12.2. The van der Waals surface area contributed by atoms with Crippen molar-refractivity contribution in [2.24, 2.45) is 5.92 Å². The van der Waals surface area contributed by atoms with Gasteiger partial charge in [-0.15, -0.1) is 11.3 Å². The number of fused-ring (bicyclic) bond motifs is 1. The van der Waals surface area contributed by atoms with E-state index in [2.05, 4.69) is 15.2 Å².